The number of allylic oxidation sites excluding steroid dienone is 4. The lowest BCUT2D eigenvalue weighted by Gasteiger charge is -2.05. The first kappa shape index (κ1) is 16.5. The van der Waals surface area contributed by atoms with Gasteiger partial charge in [-0.25, -0.2) is 4.79 Å². The fourth-order valence-electron chi connectivity index (χ4n) is 1.51. The Morgan fingerprint density at radius 1 is 1.10 bits per heavy atom. The van der Waals surface area contributed by atoms with Crippen LogP contribution in [-0.2, 0) is 9.47 Å². The molecule has 1 aromatic rings. The van der Waals surface area contributed by atoms with Crippen LogP contribution < -0.4 is 0 Å². The topological polar surface area (TPSA) is 35.5 Å². The van der Waals surface area contributed by atoms with Gasteiger partial charge in [-0.15, -0.1) is 0 Å². The van der Waals surface area contributed by atoms with E-state index in [1.165, 1.54) is 0 Å². The van der Waals surface area contributed by atoms with E-state index >= 15 is 0 Å². The summed E-state index contributed by atoms with van der Waals surface area (Å²) >= 11 is 5.78. The molecule has 0 N–H and O–H groups in total. The highest BCUT2D eigenvalue weighted by atomic mass is 35.5. The summed E-state index contributed by atoms with van der Waals surface area (Å²) in [4.78, 5) is 11.7. The van der Waals surface area contributed by atoms with E-state index in [0.717, 1.165) is 16.2 Å². The molecule has 0 atom stereocenters. The zero-order chi connectivity index (χ0) is 15.0. The number of benzene rings is 1. The Morgan fingerprint density at radius 3 is 2.25 bits per heavy atom. The van der Waals surface area contributed by atoms with Crippen molar-refractivity contribution in [3.63, 3.8) is 0 Å². The average molecular weight is 295 g/mol. The van der Waals surface area contributed by atoms with Gasteiger partial charge in [-0.1, -0.05) is 29.8 Å². The number of hydrogen-bond acceptors (Lipinski definition) is 3. The van der Waals surface area contributed by atoms with Gasteiger partial charge in [0.1, 0.15) is 6.61 Å². The van der Waals surface area contributed by atoms with Crippen molar-refractivity contribution >= 4 is 23.1 Å². The summed E-state index contributed by atoms with van der Waals surface area (Å²) < 4.78 is 9.87. The van der Waals surface area contributed by atoms with Crippen LogP contribution in [0.1, 0.15) is 29.8 Å². The maximum absolute atomic E-state index is 11.7. The van der Waals surface area contributed by atoms with E-state index in [9.17, 15) is 4.79 Å². The Bertz CT molecular complexity index is 497. The van der Waals surface area contributed by atoms with E-state index in [2.05, 4.69) is 0 Å². The van der Waals surface area contributed by atoms with Gasteiger partial charge in [0.2, 0.25) is 0 Å². The maximum atomic E-state index is 11.7. The van der Waals surface area contributed by atoms with Crippen LogP contribution >= 0.6 is 11.6 Å². The zero-order valence-electron chi connectivity index (χ0n) is 12.0. The lowest BCUT2D eigenvalue weighted by molar-refractivity contribution is 0.0388. The molecule has 1 rings (SSSR count). The summed E-state index contributed by atoms with van der Waals surface area (Å²) in [7, 11) is 1.56. The number of ether oxygens (including phenoxy) is 2. The summed E-state index contributed by atoms with van der Waals surface area (Å²) in [6.45, 7) is 4.47. The molecule has 20 heavy (non-hydrogen) atoms. The predicted molar refractivity (Wildman–Crippen MR) is 81.9 cm³/mol. The molecule has 0 bridgehead atoms. The fourth-order valence-corrected chi connectivity index (χ4v) is 1.57. The molecular formula is C16H19ClO3. The van der Waals surface area contributed by atoms with Crippen molar-refractivity contribution in [1.29, 1.82) is 0 Å². The van der Waals surface area contributed by atoms with Crippen molar-refractivity contribution in [2.45, 2.75) is 13.8 Å². The molecule has 0 aliphatic rings. The molecule has 0 unspecified atom stereocenters. The molecule has 108 valence electrons. The van der Waals surface area contributed by atoms with Crippen LogP contribution in [0.5, 0.6) is 0 Å². The highest BCUT2D eigenvalue weighted by Gasteiger charge is 2.06. The third-order valence-corrected chi connectivity index (χ3v) is 2.79. The first-order valence-electron chi connectivity index (χ1n) is 6.31. The third-order valence-electron chi connectivity index (χ3n) is 2.66. The lowest BCUT2D eigenvalue weighted by Crippen LogP contribution is -2.09. The average Bonchev–Trinajstić information content (AvgIpc) is 2.45. The van der Waals surface area contributed by atoms with Gasteiger partial charge in [0.05, 0.1) is 12.2 Å². The summed E-state index contributed by atoms with van der Waals surface area (Å²) in [6, 6.07) is 7.27. The molecule has 0 aliphatic carbocycles. The van der Waals surface area contributed by atoms with Crippen molar-refractivity contribution in [3.8, 4) is 0 Å². The summed E-state index contributed by atoms with van der Waals surface area (Å²) in [5, 5.41) is 0.725. The van der Waals surface area contributed by atoms with Crippen molar-refractivity contribution in [3.05, 3.63) is 52.6 Å². The van der Waals surface area contributed by atoms with Crippen molar-refractivity contribution in [1.82, 2.24) is 0 Å². The Balaban J connectivity index is 2.71. The number of carbonyl (C=O) groups is 1. The van der Waals surface area contributed by atoms with Gasteiger partial charge in [-0.05, 0) is 43.2 Å². The first-order valence-corrected chi connectivity index (χ1v) is 6.69. The standard InChI is InChI=1S/C16H19ClO3/c1-12(4-5-13(2)17)14-6-8-15(9-7-14)16(18)20-11-10-19-3/h4-9H,10-11H2,1-3H3/b12-4+,13-5+. The number of halogens is 1. The molecule has 0 spiro atoms. The molecule has 0 heterocycles. The second-order valence-corrected chi connectivity index (χ2v) is 4.91. The van der Waals surface area contributed by atoms with Crippen LogP contribution in [-0.4, -0.2) is 26.3 Å². The zero-order valence-corrected chi connectivity index (χ0v) is 12.7. The Labute approximate surface area is 124 Å². The maximum Gasteiger partial charge on any atom is 0.338 e. The Morgan fingerprint density at radius 2 is 1.70 bits per heavy atom. The summed E-state index contributed by atoms with van der Waals surface area (Å²) in [6.07, 6.45) is 3.78. The van der Waals surface area contributed by atoms with Crippen molar-refractivity contribution < 1.29 is 14.3 Å². The molecule has 0 amide bonds. The van der Waals surface area contributed by atoms with E-state index < -0.39 is 0 Å². The van der Waals surface area contributed by atoms with E-state index in [0.29, 0.717) is 12.2 Å². The minimum atomic E-state index is -0.341. The minimum absolute atomic E-state index is 0.260. The SMILES string of the molecule is COCCOC(=O)c1ccc(/C(C)=C/C=C(\C)Cl)cc1. The molecule has 1 aromatic carbocycles. The molecular weight excluding hydrogens is 276 g/mol. The van der Waals surface area contributed by atoms with Gasteiger partial charge < -0.3 is 9.47 Å². The van der Waals surface area contributed by atoms with Crippen LogP contribution in [0.3, 0.4) is 0 Å². The molecule has 0 aromatic heterocycles. The molecule has 0 fully saturated rings. The Hall–Kier alpha value is -1.58. The van der Waals surface area contributed by atoms with Gasteiger partial charge in [-0.2, -0.15) is 0 Å². The van der Waals surface area contributed by atoms with E-state index in [4.69, 9.17) is 21.1 Å². The third kappa shape index (κ3) is 5.59. The quantitative estimate of drug-likeness (QED) is 0.451. The minimum Gasteiger partial charge on any atom is -0.460 e. The largest absolute Gasteiger partial charge is 0.460 e. The smallest absolute Gasteiger partial charge is 0.338 e. The van der Waals surface area contributed by atoms with Crippen molar-refractivity contribution in [2.24, 2.45) is 0 Å². The van der Waals surface area contributed by atoms with E-state index in [-0.39, 0.29) is 12.6 Å². The van der Waals surface area contributed by atoms with Crippen LogP contribution in [0.4, 0.5) is 0 Å². The second kappa shape index (κ2) is 8.56. The van der Waals surface area contributed by atoms with Crippen LogP contribution in [0.25, 0.3) is 5.57 Å². The predicted octanol–water partition coefficient (Wildman–Crippen LogP) is 4.04. The second-order valence-electron chi connectivity index (χ2n) is 4.31. The number of methoxy groups -OCH3 is 1. The van der Waals surface area contributed by atoms with Crippen molar-refractivity contribution in [2.75, 3.05) is 20.3 Å². The summed E-state index contributed by atoms with van der Waals surface area (Å²) in [5.74, 6) is -0.341. The molecule has 0 aliphatic heterocycles. The first-order chi connectivity index (χ1) is 9.54. The van der Waals surface area contributed by atoms with Gasteiger partial charge in [0.25, 0.3) is 0 Å². The van der Waals surface area contributed by atoms with E-state index in [1.54, 1.807) is 19.2 Å². The summed E-state index contributed by atoms with van der Waals surface area (Å²) in [5.41, 5.74) is 2.64. The molecule has 3 nitrogen and oxygen atoms in total. The number of carbonyl (C=O) groups excluding carboxylic acids is 1. The number of hydrogen-bond donors (Lipinski definition) is 0. The van der Waals surface area contributed by atoms with Crippen LogP contribution in [0.15, 0.2) is 41.4 Å². The highest BCUT2D eigenvalue weighted by Crippen LogP contribution is 2.16. The number of esters is 1. The van der Waals surface area contributed by atoms with Gasteiger partial charge in [0, 0.05) is 12.1 Å². The van der Waals surface area contributed by atoms with Crippen LogP contribution in [0, 0.1) is 0 Å². The highest BCUT2D eigenvalue weighted by molar-refractivity contribution is 6.29. The van der Waals surface area contributed by atoms with Gasteiger partial charge >= 0.3 is 5.97 Å². The lowest BCUT2D eigenvalue weighted by atomic mass is 10.1. The molecule has 4 heteroatoms. The van der Waals surface area contributed by atoms with Gasteiger partial charge in [-0.3, -0.25) is 0 Å². The normalized spacial score (nSPS) is 12.4. The van der Waals surface area contributed by atoms with Gasteiger partial charge in [0.15, 0.2) is 0 Å². The fraction of sp³-hybridized carbons (Fsp3) is 0.312. The number of rotatable bonds is 6. The molecule has 0 saturated heterocycles. The van der Waals surface area contributed by atoms with E-state index in [1.807, 2.05) is 38.1 Å². The van der Waals surface area contributed by atoms with Crippen LogP contribution in [0.2, 0.25) is 0 Å². The molecule has 0 radical (unpaired) electrons. The Kier molecular flexibility index (Phi) is 7.05. The molecule has 0 saturated carbocycles. The monoisotopic (exact) mass is 294 g/mol.